The summed E-state index contributed by atoms with van der Waals surface area (Å²) in [6.07, 6.45) is 3.16. The molecule has 0 aromatic heterocycles. The number of hydrogen-bond donors (Lipinski definition) is 1. The fourth-order valence-corrected chi connectivity index (χ4v) is 2.04. The standard InChI is InChI=1S/C14H21NOS/c1-4-11-16-13-9-7-12(8-10-13)14(5-2)17-15-6-3/h5,7-10,15H,4,6,11H2,1-3H3/b14-5-. The van der Waals surface area contributed by atoms with Crippen molar-refractivity contribution in [2.45, 2.75) is 27.2 Å². The molecular weight excluding hydrogens is 230 g/mol. The van der Waals surface area contributed by atoms with Crippen molar-refractivity contribution in [1.29, 1.82) is 0 Å². The Morgan fingerprint density at radius 1 is 1.29 bits per heavy atom. The zero-order valence-corrected chi connectivity index (χ0v) is 11.6. The minimum atomic E-state index is 0.780. The summed E-state index contributed by atoms with van der Waals surface area (Å²) in [5.74, 6) is 0.944. The van der Waals surface area contributed by atoms with Crippen LogP contribution in [-0.2, 0) is 0 Å². The highest BCUT2D eigenvalue weighted by Gasteiger charge is 2.01. The summed E-state index contributed by atoms with van der Waals surface area (Å²) < 4.78 is 8.83. The van der Waals surface area contributed by atoms with Crippen LogP contribution in [0.1, 0.15) is 32.8 Å². The van der Waals surface area contributed by atoms with Crippen molar-refractivity contribution in [2.75, 3.05) is 13.2 Å². The zero-order valence-electron chi connectivity index (χ0n) is 10.8. The van der Waals surface area contributed by atoms with E-state index in [1.807, 2.05) is 12.1 Å². The average Bonchev–Trinajstić information content (AvgIpc) is 2.38. The Hall–Kier alpha value is -0.930. The maximum Gasteiger partial charge on any atom is 0.119 e. The van der Waals surface area contributed by atoms with E-state index in [0.29, 0.717) is 0 Å². The van der Waals surface area contributed by atoms with Crippen LogP contribution in [0.15, 0.2) is 30.3 Å². The summed E-state index contributed by atoms with van der Waals surface area (Å²) in [6, 6.07) is 8.26. The predicted octanol–water partition coefficient (Wildman–Crippen LogP) is 4.09. The van der Waals surface area contributed by atoms with E-state index >= 15 is 0 Å². The van der Waals surface area contributed by atoms with Gasteiger partial charge in [0.15, 0.2) is 0 Å². The third-order valence-corrected chi connectivity index (χ3v) is 3.32. The first-order valence-corrected chi connectivity index (χ1v) is 6.92. The van der Waals surface area contributed by atoms with Gasteiger partial charge in [0.05, 0.1) is 6.61 Å². The van der Waals surface area contributed by atoms with Gasteiger partial charge in [-0.2, -0.15) is 0 Å². The molecule has 0 aliphatic carbocycles. The first-order chi connectivity index (χ1) is 8.31. The van der Waals surface area contributed by atoms with Crippen LogP contribution in [0, 0.1) is 0 Å². The molecule has 1 N–H and O–H groups in total. The fraction of sp³-hybridized carbons (Fsp3) is 0.429. The lowest BCUT2D eigenvalue weighted by molar-refractivity contribution is 0.317. The molecule has 0 spiro atoms. The van der Waals surface area contributed by atoms with Crippen LogP contribution >= 0.6 is 11.9 Å². The lowest BCUT2D eigenvalue weighted by atomic mass is 10.2. The molecule has 3 heteroatoms. The third-order valence-electron chi connectivity index (χ3n) is 2.20. The van der Waals surface area contributed by atoms with Crippen molar-refractivity contribution in [3.8, 4) is 5.75 Å². The highest BCUT2D eigenvalue weighted by Crippen LogP contribution is 2.26. The summed E-state index contributed by atoms with van der Waals surface area (Å²) in [7, 11) is 0. The number of rotatable bonds is 7. The van der Waals surface area contributed by atoms with E-state index in [1.165, 1.54) is 10.5 Å². The van der Waals surface area contributed by atoms with Crippen molar-refractivity contribution >= 4 is 16.9 Å². The maximum absolute atomic E-state index is 5.56. The van der Waals surface area contributed by atoms with Crippen molar-refractivity contribution < 1.29 is 4.74 Å². The van der Waals surface area contributed by atoms with Crippen LogP contribution in [-0.4, -0.2) is 13.2 Å². The highest BCUT2D eigenvalue weighted by molar-refractivity contribution is 8.06. The lowest BCUT2D eigenvalue weighted by Crippen LogP contribution is -2.01. The van der Waals surface area contributed by atoms with Gasteiger partial charge in [0.2, 0.25) is 0 Å². The van der Waals surface area contributed by atoms with Gasteiger partial charge in [-0.25, -0.2) is 0 Å². The molecule has 1 aromatic carbocycles. The van der Waals surface area contributed by atoms with Crippen LogP contribution in [0.2, 0.25) is 0 Å². The Bertz CT molecular complexity index is 346. The van der Waals surface area contributed by atoms with Crippen molar-refractivity contribution in [1.82, 2.24) is 4.72 Å². The fourth-order valence-electron chi connectivity index (χ4n) is 1.37. The molecular formula is C14H21NOS. The minimum absolute atomic E-state index is 0.780. The molecule has 0 saturated carbocycles. The van der Waals surface area contributed by atoms with E-state index in [1.54, 1.807) is 11.9 Å². The quantitative estimate of drug-likeness (QED) is 0.737. The second-order valence-corrected chi connectivity index (χ2v) is 4.56. The van der Waals surface area contributed by atoms with E-state index in [4.69, 9.17) is 4.74 Å². The van der Waals surface area contributed by atoms with Gasteiger partial charge in [0, 0.05) is 11.4 Å². The normalized spacial score (nSPS) is 11.6. The molecule has 0 saturated heterocycles. The topological polar surface area (TPSA) is 21.3 Å². The first kappa shape index (κ1) is 14.1. The molecule has 1 aromatic rings. The van der Waals surface area contributed by atoms with Gasteiger partial charge < -0.3 is 4.74 Å². The molecule has 0 heterocycles. The Morgan fingerprint density at radius 2 is 2.00 bits per heavy atom. The number of benzene rings is 1. The lowest BCUT2D eigenvalue weighted by Gasteiger charge is -2.08. The van der Waals surface area contributed by atoms with E-state index < -0.39 is 0 Å². The number of allylic oxidation sites excluding steroid dienone is 1. The van der Waals surface area contributed by atoms with Crippen LogP contribution in [0.25, 0.3) is 4.91 Å². The van der Waals surface area contributed by atoms with Crippen LogP contribution in [0.5, 0.6) is 5.75 Å². The molecule has 0 fully saturated rings. The third kappa shape index (κ3) is 4.84. The Labute approximate surface area is 109 Å². The van der Waals surface area contributed by atoms with Crippen molar-refractivity contribution in [3.63, 3.8) is 0 Å². The highest BCUT2D eigenvalue weighted by atomic mass is 32.2. The number of ether oxygens (including phenoxy) is 1. The summed E-state index contributed by atoms with van der Waals surface area (Å²) in [5, 5.41) is 0. The summed E-state index contributed by atoms with van der Waals surface area (Å²) >= 11 is 1.67. The summed E-state index contributed by atoms with van der Waals surface area (Å²) in [6.45, 7) is 8.00. The zero-order chi connectivity index (χ0) is 12.5. The molecule has 0 aliphatic heterocycles. The smallest absolute Gasteiger partial charge is 0.119 e. The Balaban J connectivity index is 2.65. The molecule has 0 bridgehead atoms. The second kappa shape index (κ2) is 8.20. The molecule has 94 valence electrons. The van der Waals surface area contributed by atoms with Gasteiger partial charge >= 0.3 is 0 Å². The molecule has 0 unspecified atom stereocenters. The SMILES string of the molecule is C/C=C(\SNCC)c1ccc(OCCC)cc1. The van der Waals surface area contributed by atoms with Crippen LogP contribution < -0.4 is 9.46 Å². The molecule has 0 aliphatic rings. The first-order valence-electron chi connectivity index (χ1n) is 6.11. The van der Waals surface area contributed by atoms with E-state index in [9.17, 15) is 0 Å². The van der Waals surface area contributed by atoms with Gasteiger partial charge in [-0.15, -0.1) is 0 Å². The van der Waals surface area contributed by atoms with Gasteiger partial charge in [-0.1, -0.05) is 32.1 Å². The summed E-state index contributed by atoms with van der Waals surface area (Å²) in [4.78, 5) is 1.24. The van der Waals surface area contributed by atoms with Crippen molar-refractivity contribution in [3.05, 3.63) is 35.9 Å². The minimum Gasteiger partial charge on any atom is -0.494 e. The second-order valence-electron chi connectivity index (χ2n) is 3.63. The molecule has 2 nitrogen and oxygen atoms in total. The largest absolute Gasteiger partial charge is 0.494 e. The number of hydrogen-bond acceptors (Lipinski definition) is 3. The van der Waals surface area contributed by atoms with Gasteiger partial charge in [0.1, 0.15) is 5.75 Å². The number of nitrogens with one attached hydrogen (secondary N) is 1. The molecule has 0 amide bonds. The van der Waals surface area contributed by atoms with Crippen molar-refractivity contribution in [2.24, 2.45) is 0 Å². The monoisotopic (exact) mass is 251 g/mol. The van der Waals surface area contributed by atoms with E-state index in [-0.39, 0.29) is 0 Å². The van der Waals surface area contributed by atoms with Crippen LogP contribution in [0.3, 0.4) is 0 Å². The summed E-state index contributed by atoms with van der Waals surface area (Å²) in [5.41, 5.74) is 1.22. The molecule has 0 radical (unpaired) electrons. The van der Waals surface area contributed by atoms with Crippen LogP contribution in [0.4, 0.5) is 0 Å². The van der Waals surface area contributed by atoms with Gasteiger partial charge in [0.25, 0.3) is 0 Å². The van der Waals surface area contributed by atoms with E-state index in [2.05, 4.69) is 43.7 Å². The Kier molecular flexibility index (Phi) is 6.82. The van der Waals surface area contributed by atoms with E-state index in [0.717, 1.165) is 25.3 Å². The van der Waals surface area contributed by atoms with Gasteiger partial charge in [-0.3, -0.25) is 4.72 Å². The molecule has 17 heavy (non-hydrogen) atoms. The average molecular weight is 251 g/mol. The molecule has 1 rings (SSSR count). The molecule has 0 atom stereocenters. The predicted molar refractivity (Wildman–Crippen MR) is 77.1 cm³/mol. The maximum atomic E-state index is 5.56. The Morgan fingerprint density at radius 3 is 2.53 bits per heavy atom. The van der Waals surface area contributed by atoms with Gasteiger partial charge in [-0.05, 0) is 43.0 Å².